The van der Waals surface area contributed by atoms with E-state index in [0.717, 1.165) is 21.9 Å². The number of thiazole rings is 1. The van der Waals surface area contributed by atoms with Crippen molar-refractivity contribution in [2.24, 2.45) is 5.16 Å². The number of benzene rings is 1. The molecule has 0 saturated carbocycles. The monoisotopic (exact) mass is 623 g/mol. The largest absolute Gasteiger partial charge is 0.477 e. The zero-order valence-electron chi connectivity index (χ0n) is 20.2. The summed E-state index contributed by atoms with van der Waals surface area (Å²) in [5.41, 5.74) is 5.83. The number of rotatable bonds is 10. The summed E-state index contributed by atoms with van der Waals surface area (Å²) in [6, 6.07) is 10.0. The molecule has 208 valence electrons. The number of halogens is 2. The van der Waals surface area contributed by atoms with Gasteiger partial charge in [-0.3, -0.25) is 14.5 Å². The van der Waals surface area contributed by atoms with Gasteiger partial charge >= 0.3 is 5.97 Å². The van der Waals surface area contributed by atoms with E-state index < -0.39 is 48.2 Å². The highest BCUT2D eigenvalue weighted by Gasteiger charge is 2.54. The highest BCUT2D eigenvalue weighted by molar-refractivity contribution is 8.06. The van der Waals surface area contributed by atoms with Crippen molar-refractivity contribution >= 4 is 75.1 Å². The second-order valence-electron chi connectivity index (χ2n) is 8.09. The third kappa shape index (κ3) is 5.39. The van der Waals surface area contributed by atoms with Gasteiger partial charge in [0.25, 0.3) is 11.8 Å². The van der Waals surface area contributed by atoms with Crippen LogP contribution < -0.4 is 11.1 Å². The van der Waals surface area contributed by atoms with Gasteiger partial charge in [0, 0.05) is 10.7 Å². The number of carbonyl (C=O) groups is 3. The van der Waals surface area contributed by atoms with Crippen LogP contribution in [0.5, 0.6) is 0 Å². The average Bonchev–Trinajstić information content (AvgIpc) is 3.54. The minimum absolute atomic E-state index is 0.0522. The Morgan fingerprint density at radius 3 is 2.77 bits per heavy atom. The summed E-state index contributed by atoms with van der Waals surface area (Å²) in [7, 11) is 0. The predicted molar refractivity (Wildman–Crippen MR) is 149 cm³/mol. The number of nitrogen functional groups attached to an aromatic ring is 1. The quantitative estimate of drug-likeness (QED) is 0.132. The molecule has 2 amide bonds. The van der Waals surface area contributed by atoms with Crippen LogP contribution in [0.25, 0.3) is 5.69 Å². The number of oxime groups is 1. The molecule has 3 aromatic rings. The van der Waals surface area contributed by atoms with Gasteiger partial charge in [0.2, 0.25) is 0 Å². The molecule has 5 rings (SSSR count). The van der Waals surface area contributed by atoms with E-state index in [4.69, 9.17) is 22.2 Å². The first-order valence-electron chi connectivity index (χ1n) is 11.5. The van der Waals surface area contributed by atoms with E-state index in [0.29, 0.717) is 9.93 Å². The van der Waals surface area contributed by atoms with Gasteiger partial charge in [0.1, 0.15) is 45.5 Å². The lowest BCUT2D eigenvalue weighted by atomic mass is 10.0. The second-order valence-corrected chi connectivity index (χ2v) is 11.9. The van der Waals surface area contributed by atoms with Gasteiger partial charge in [0.05, 0.1) is 11.9 Å². The molecule has 1 aromatic carbocycles. The number of amides is 2. The Morgan fingerprint density at radius 2 is 2.10 bits per heavy atom. The van der Waals surface area contributed by atoms with Crippen molar-refractivity contribution in [1.82, 2.24) is 25.0 Å². The summed E-state index contributed by atoms with van der Waals surface area (Å²) < 4.78 is 14.3. The number of nitrogens with two attached hydrogens (primary N) is 1. The molecule has 2 aromatic heterocycles. The van der Waals surface area contributed by atoms with Crippen LogP contribution in [0.1, 0.15) is 5.69 Å². The molecule has 4 N–H and O–H groups in total. The summed E-state index contributed by atoms with van der Waals surface area (Å²) in [6.45, 7) is -1.27. The molecule has 0 aliphatic carbocycles. The van der Waals surface area contributed by atoms with Crippen LogP contribution >= 0.6 is 46.5 Å². The average molecular weight is 624 g/mol. The fourth-order valence-corrected chi connectivity index (χ4v) is 7.40. The molecule has 0 bridgehead atoms. The fraction of sp³-hybridized carbons (Fsp3) is 0.217. The first-order chi connectivity index (χ1) is 19.3. The van der Waals surface area contributed by atoms with Crippen LogP contribution in [-0.2, 0) is 19.2 Å². The fourth-order valence-electron chi connectivity index (χ4n) is 3.94. The SMILES string of the molecule is Nc1nc(C(=NOCCF)C(=O)N[C@@H]2C(=O)N3C(C(=O)O)=C(Sc4ccnn4-c4ccccc4)CS[C@@H]23)c(Cl)s1. The summed E-state index contributed by atoms with van der Waals surface area (Å²) in [5.74, 6) is -2.49. The van der Waals surface area contributed by atoms with Crippen LogP contribution in [0.4, 0.5) is 9.52 Å². The maximum atomic E-state index is 13.2. The van der Waals surface area contributed by atoms with Gasteiger partial charge in [-0.1, -0.05) is 58.1 Å². The van der Waals surface area contributed by atoms with Crippen LogP contribution in [0.15, 0.2) is 63.4 Å². The Bertz CT molecular complexity index is 1530. The molecule has 0 unspecified atom stereocenters. The number of carbonyl (C=O) groups excluding carboxylic acids is 2. The molecule has 2 aliphatic heterocycles. The molecule has 12 nitrogen and oxygen atoms in total. The predicted octanol–water partition coefficient (Wildman–Crippen LogP) is 2.74. The topological polar surface area (TPSA) is 165 Å². The van der Waals surface area contributed by atoms with Gasteiger partial charge < -0.3 is 21.0 Å². The number of para-hydroxylation sites is 1. The van der Waals surface area contributed by atoms with Crippen molar-refractivity contribution < 1.29 is 28.7 Å². The lowest BCUT2D eigenvalue weighted by Crippen LogP contribution is -2.71. The first-order valence-corrected chi connectivity index (χ1v) is 14.5. The number of alkyl halides is 1. The normalized spacial score (nSPS) is 18.8. The molecule has 17 heteroatoms. The van der Waals surface area contributed by atoms with Gasteiger partial charge in [-0.05, 0) is 18.2 Å². The number of anilines is 1. The Hall–Kier alpha value is -3.60. The number of aliphatic carboxylic acids is 1. The molecule has 4 heterocycles. The second kappa shape index (κ2) is 11.9. The van der Waals surface area contributed by atoms with Crippen molar-refractivity contribution in [3.63, 3.8) is 0 Å². The minimum atomic E-state index is -1.27. The molecule has 2 atom stereocenters. The van der Waals surface area contributed by atoms with Crippen molar-refractivity contribution in [2.75, 3.05) is 24.8 Å². The van der Waals surface area contributed by atoms with Gasteiger partial charge in [0.15, 0.2) is 10.8 Å². The molecule has 40 heavy (non-hydrogen) atoms. The number of aromatic nitrogens is 3. The summed E-state index contributed by atoms with van der Waals surface area (Å²) >= 11 is 9.52. The number of nitrogens with zero attached hydrogens (tertiary/aromatic N) is 5. The van der Waals surface area contributed by atoms with Crippen molar-refractivity contribution in [2.45, 2.75) is 16.4 Å². The van der Waals surface area contributed by atoms with E-state index in [9.17, 15) is 23.9 Å². The zero-order chi connectivity index (χ0) is 28.4. The van der Waals surface area contributed by atoms with Gasteiger partial charge in [-0.15, -0.1) is 11.8 Å². The molecule has 1 saturated heterocycles. The number of fused-ring (bicyclic) bond motifs is 1. The lowest BCUT2D eigenvalue weighted by molar-refractivity contribution is -0.150. The lowest BCUT2D eigenvalue weighted by Gasteiger charge is -2.49. The minimum Gasteiger partial charge on any atom is -0.477 e. The maximum Gasteiger partial charge on any atom is 0.353 e. The number of carboxylic acid groups (broad SMARTS) is 1. The highest BCUT2D eigenvalue weighted by atomic mass is 35.5. The maximum absolute atomic E-state index is 13.2. The van der Waals surface area contributed by atoms with E-state index in [1.807, 2.05) is 30.3 Å². The third-order valence-corrected chi connectivity index (χ3v) is 9.27. The third-order valence-electron chi connectivity index (χ3n) is 5.63. The van der Waals surface area contributed by atoms with Gasteiger partial charge in [-0.25, -0.2) is 18.9 Å². The molecular weight excluding hydrogens is 605 g/mol. The Labute approximate surface area is 243 Å². The molecular formula is C23H19ClFN7O5S3. The smallest absolute Gasteiger partial charge is 0.353 e. The van der Waals surface area contributed by atoms with E-state index in [-0.39, 0.29) is 26.6 Å². The first kappa shape index (κ1) is 27.9. The van der Waals surface area contributed by atoms with Crippen LogP contribution in [-0.4, -0.2) is 78.7 Å². The Balaban J connectivity index is 1.36. The van der Waals surface area contributed by atoms with Crippen LogP contribution in [0.2, 0.25) is 4.34 Å². The molecule has 1 fully saturated rings. The van der Waals surface area contributed by atoms with Crippen molar-refractivity contribution in [1.29, 1.82) is 0 Å². The van der Waals surface area contributed by atoms with E-state index in [1.54, 1.807) is 16.9 Å². The summed E-state index contributed by atoms with van der Waals surface area (Å²) in [6.07, 6.45) is 1.61. The molecule has 0 radical (unpaired) electrons. The van der Waals surface area contributed by atoms with Crippen molar-refractivity contribution in [3.8, 4) is 5.69 Å². The van der Waals surface area contributed by atoms with Crippen LogP contribution in [0.3, 0.4) is 0 Å². The number of hydrogen-bond acceptors (Lipinski definition) is 11. The number of thioether (sulfide) groups is 2. The number of carboxylic acids is 1. The number of hydrogen-bond donors (Lipinski definition) is 3. The van der Waals surface area contributed by atoms with Gasteiger partial charge in [-0.2, -0.15) is 5.10 Å². The number of β-lactam (4-membered cyclic amide) rings is 1. The van der Waals surface area contributed by atoms with E-state index >= 15 is 0 Å². The van der Waals surface area contributed by atoms with E-state index in [1.165, 1.54) is 23.5 Å². The Kier molecular flexibility index (Phi) is 8.30. The van der Waals surface area contributed by atoms with E-state index in [2.05, 4.69) is 20.6 Å². The molecule has 2 aliphatic rings. The van der Waals surface area contributed by atoms with Crippen LogP contribution in [0, 0.1) is 0 Å². The number of nitrogens with one attached hydrogen (secondary N) is 1. The standard InChI is InChI=1S/C23H19ClFN7O5S3/c24-18-14(29-23(26)40-18)15(30-37-9-7-25)19(33)28-16-20(34)31-17(22(35)36)12(10-38-21(16)31)39-13-6-8-27-32(13)11-4-2-1-3-5-11/h1-6,8,16,21H,7,9-10H2,(H2,26,29)(H,28,33)(H,35,36)/t16-,21+/m1/s1. The zero-order valence-corrected chi connectivity index (χ0v) is 23.4. The van der Waals surface area contributed by atoms with Crippen molar-refractivity contribution in [3.05, 3.63) is 63.2 Å². The highest BCUT2D eigenvalue weighted by Crippen LogP contribution is 2.45. The Morgan fingerprint density at radius 1 is 1.32 bits per heavy atom. The summed E-state index contributed by atoms with van der Waals surface area (Å²) in [5, 5.41) is 20.6. The summed E-state index contributed by atoms with van der Waals surface area (Å²) in [4.78, 5) is 49.0. The molecule has 0 spiro atoms.